The van der Waals surface area contributed by atoms with Gasteiger partial charge in [0.05, 0.1) is 5.56 Å². The SMILES string of the molecule is CC1CN(C(=O)c2cc(F)ccc2O)CCC1N. The van der Waals surface area contributed by atoms with Gasteiger partial charge in [-0.3, -0.25) is 4.79 Å². The fourth-order valence-electron chi connectivity index (χ4n) is 2.20. The van der Waals surface area contributed by atoms with Crippen LogP contribution in [0.2, 0.25) is 0 Å². The third-order valence-corrected chi connectivity index (χ3v) is 3.45. The van der Waals surface area contributed by atoms with Crippen LogP contribution >= 0.6 is 0 Å². The fraction of sp³-hybridized carbons (Fsp3) is 0.462. The van der Waals surface area contributed by atoms with E-state index in [0.29, 0.717) is 13.1 Å². The number of aromatic hydroxyl groups is 1. The van der Waals surface area contributed by atoms with Crippen molar-refractivity contribution in [1.82, 2.24) is 4.90 Å². The normalized spacial score (nSPS) is 24.1. The van der Waals surface area contributed by atoms with E-state index in [1.54, 1.807) is 4.90 Å². The van der Waals surface area contributed by atoms with Gasteiger partial charge in [-0.25, -0.2) is 4.39 Å². The Morgan fingerprint density at radius 2 is 2.28 bits per heavy atom. The molecule has 4 nitrogen and oxygen atoms in total. The molecule has 1 aliphatic heterocycles. The van der Waals surface area contributed by atoms with Gasteiger partial charge in [-0.2, -0.15) is 0 Å². The fourth-order valence-corrected chi connectivity index (χ4v) is 2.20. The maximum atomic E-state index is 13.1. The summed E-state index contributed by atoms with van der Waals surface area (Å²) in [6.07, 6.45) is 0.725. The van der Waals surface area contributed by atoms with Gasteiger partial charge in [0, 0.05) is 19.1 Å². The molecule has 0 aliphatic carbocycles. The van der Waals surface area contributed by atoms with E-state index >= 15 is 0 Å². The number of phenolic OH excluding ortho intramolecular Hbond substituents is 1. The highest BCUT2D eigenvalue weighted by molar-refractivity contribution is 5.96. The first-order valence-electron chi connectivity index (χ1n) is 6.02. The first-order chi connectivity index (χ1) is 8.49. The number of phenols is 1. The van der Waals surface area contributed by atoms with Gasteiger partial charge in [-0.15, -0.1) is 0 Å². The quantitative estimate of drug-likeness (QED) is 0.792. The number of piperidine rings is 1. The average Bonchev–Trinajstić information content (AvgIpc) is 2.35. The zero-order valence-corrected chi connectivity index (χ0v) is 10.3. The number of nitrogens with two attached hydrogens (primary N) is 1. The third kappa shape index (κ3) is 2.46. The minimum absolute atomic E-state index is 0.0117. The molecule has 1 aliphatic rings. The molecule has 2 rings (SSSR count). The smallest absolute Gasteiger partial charge is 0.257 e. The van der Waals surface area contributed by atoms with Crippen LogP contribution in [0.3, 0.4) is 0 Å². The van der Waals surface area contributed by atoms with Crippen molar-refractivity contribution >= 4 is 5.91 Å². The van der Waals surface area contributed by atoms with Crippen LogP contribution in [0, 0.1) is 11.7 Å². The summed E-state index contributed by atoms with van der Waals surface area (Å²) in [5.74, 6) is -0.856. The number of nitrogens with zero attached hydrogens (tertiary/aromatic N) is 1. The topological polar surface area (TPSA) is 66.6 Å². The summed E-state index contributed by atoms with van der Waals surface area (Å²) in [5, 5.41) is 9.62. The Labute approximate surface area is 105 Å². The zero-order chi connectivity index (χ0) is 13.3. The molecule has 0 bridgehead atoms. The molecule has 2 atom stereocenters. The first kappa shape index (κ1) is 12.8. The lowest BCUT2D eigenvalue weighted by atomic mass is 9.94. The van der Waals surface area contributed by atoms with Crippen molar-refractivity contribution in [1.29, 1.82) is 0 Å². The molecule has 1 aromatic rings. The molecule has 98 valence electrons. The number of hydrogen-bond donors (Lipinski definition) is 2. The van der Waals surface area contributed by atoms with E-state index in [1.165, 1.54) is 6.07 Å². The number of carbonyl (C=O) groups excluding carboxylic acids is 1. The van der Waals surface area contributed by atoms with Gasteiger partial charge in [0.1, 0.15) is 11.6 Å². The summed E-state index contributed by atoms with van der Waals surface area (Å²) in [7, 11) is 0. The number of carbonyl (C=O) groups is 1. The van der Waals surface area contributed by atoms with E-state index in [-0.39, 0.29) is 29.2 Å². The summed E-state index contributed by atoms with van der Waals surface area (Å²) in [5.41, 5.74) is 5.90. The third-order valence-electron chi connectivity index (χ3n) is 3.45. The van der Waals surface area contributed by atoms with Gasteiger partial charge >= 0.3 is 0 Å². The first-order valence-corrected chi connectivity index (χ1v) is 6.02. The van der Waals surface area contributed by atoms with Crippen LogP contribution in [0.25, 0.3) is 0 Å². The Balaban J connectivity index is 2.19. The number of hydrogen-bond acceptors (Lipinski definition) is 3. The second-order valence-corrected chi connectivity index (χ2v) is 4.84. The van der Waals surface area contributed by atoms with Gasteiger partial charge < -0.3 is 15.7 Å². The molecule has 2 unspecified atom stereocenters. The summed E-state index contributed by atoms with van der Waals surface area (Å²) in [6.45, 7) is 3.06. The van der Waals surface area contributed by atoms with Gasteiger partial charge in [0.2, 0.25) is 0 Å². The number of halogens is 1. The summed E-state index contributed by atoms with van der Waals surface area (Å²) < 4.78 is 13.1. The minimum Gasteiger partial charge on any atom is -0.507 e. The van der Waals surface area contributed by atoms with Gasteiger partial charge in [0.25, 0.3) is 5.91 Å². The van der Waals surface area contributed by atoms with Crippen LogP contribution in [-0.2, 0) is 0 Å². The Morgan fingerprint density at radius 3 is 2.94 bits per heavy atom. The second-order valence-electron chi connectivity index (χ2n) is 4.84. The van der Waals surface area contributed by atoms with Crippen LogP contribution in [0.4, 0.5) is 4.39 Å². The molecular weight excluding hydrogens is 235 g/mol. The van der Waals surface area contributed by atoms with Crippen molar-refractivity contribution in [3.05, 3.63) is 29.6 Å². The Hall–Kier alpha value is -1.62. The molecule has 1 heterocycles. The number of benzene rings is 1. The van der Waals surface area contributed by atoms with E-state index in [4.69, 9.17) is 5.73 Å². The minimum atomic E-state index is -0.530. The van der Waals surface area contributed by atoms with Crippen molar-refractivity contribution in [3.63, 3.8) is 0 Å². The van der Waals surface area contributed by atoms with Crippen molar-refractivity contribution in [2.75, 3.05) is 13.1 Å². The van der Waals surface area contributed by atoms with Crippen molar-refractivity contribution in [2.45, 2.75) is 19.4 Å². The highest BCUT2D eigenvalue weighted by Gasteiger charge is 2.28. The lowest BCUT2D eigenvalue weighted by molar-refractivity contribution is 0.0660. The molecule has 1 fully saturated rings. The second kappa shape index (κ2) is 4.94. The van der Waals surface area contributed by atoms with Crippen LogP contribution in [-0.4, -0.2) is 35.0 Å². The van der Waals surface area contributed by atoms with E-state index in [1.807, 2.05) is 6.92 Å². The zero-order valence-electron chi connectivity index (χ0n) is 10.3. The Kier molecular flexibility index (Phi) is 3.52. The molecule has 0 aromatic heterocycles. The largest absolute Gasteiger partial charge is 0.507 e. The van der Waals surface area contributed by atoms with E-state index in [2.05, 4.69) is 0 Å². The molecule has 0 spiro atoms. The van der Waals surface area contributed by atoms with E-state index in [0.717, 1.165) is 18.6 Å². The predicted octanol–water partition coefficient (Wildman–Crippen LogP) is 1.34. The molecule has 1 saturated heterocycles. The molecule has 0 radical (unpaired) electrons. The van der Waals surface area contributed by atoms with Gasteiger partial charge in [0.15, 0.2) is 0 Å². The molecular formula is C13H17FN2O2. The molecule has 5 heteroatoms. The maximum Gasteiger partial charge on any atom is 0.257 e. The number of likely N-dealkylation sites (tertiary alicyclic amines) is 1. The number of amides is 1. The van der Waals surface area contributed by atoms with Crippen molar-refractivity contribution < 1.29 is 14.3 Å². The lowest BCUT2D eigenvalue weighted by Crippen LogP contribution is -2.48. The Morgan fingerprint density at radius 1 is 1.56 bits per heavy atom. The van der Waals surface area contributed by atoms with Crippen LogP contribution in [0.5, 0.6) is 5.75 Å². The van der Waals surface area contributed by atoms with Gasteiger partial charge in [-0.1, -0.05) is 6.92 Å². The van der Waals surface area contributed by atoms with Crippen molar-refractivity contribution in [2.24, 2.45) is 11.7 Å². The summed E-state index contributed by atoms with van der Waals surface area (Å²) in [4.78, 5) is 13.8. The summed E-state index contributed by atoms with van der Waals surface area (Å²) in [6, 6.07) is 3.48. The lowest BCUT2D eigenvalue weighted by Gasteiger charge is -2.35. The summed E-state index contributed by atoms with van der Waals surface area (Å²) >= 11 is 0. The standard InChI is InChI=1S/C13H17FN2O2/c1-8-7-16(5-4-11(8)15)13(18)10-6-9(14)2-3-12(10)17/h2-3,6,8,11,17H,4-5,7,15H2,1H3. The van der Waals surface area contributed by atoms with E-state index < -0.39 is 5.82 Å². The predicted molar refractivity (Wildman–Crippen MR) is 65.7 cm³/mol. The highest BCUT2D eigenvalue weighted by Crippen LogP contribution is 2.23. The number of rotatable bonds is 1. The van der Waals surface area contributed by atoms with Crippen molar-refractivity contribution in [3.8, 4) is 5.75 Å². The Bertz CT molecular complexity index is 464. The highest BCUT2D eigenvalue weighted by atomic mass is 19.1. The van der Waals surface area contributed by atoms with Crippen LogP contribution in [0.1, 0.15) is 23.7 Å². The van der Waals surface area contributed by atoms with Crippen LogP contribution < -0.4 is 5.73 Å². The molecule has 18 heavy (non-hydrogen) atoms. The molecule has 0 saturated carbocycles. The average molecular weight is 252 g/mol. The van der Waals surface area contributed by atoms with E-state index in [9.17, 15) is 14.3 Å². The molecule has 1 aromatic carbocycles. The van der Waals surface area contributed by atoms with Gasteiger partial charge in [-0.05, 0) is 30.5 Å². The maximum absolute atomic E-state index is 13.1. The molecule has 3 N–H and O–H groups in total. The molecule has 1 amide bonds. The van der Waals surface area contributed by atoms with Crippen LogP contribution in [0.15, 0.2) is 18.2 Å². The monoisotopic (exact) mass is 252 g/mol.